The second-order valence-corrected chi connectivity index (χ2v) is 7.50. The molecule has 0 atom stereocenters. The average molecular weight is 427 g/mol. The summed E-state index contributed by atoms with van der Waals surface area (Å²) in [6.45, 7) is 7.42. The van der Waals surface area contributed by atoms with Gasteiger partial charge in [0.2, 0.25) is 0 Å². The monoisotopic (exact) mass is 427 g/mol. The summed E-state index contributed by atoms with van der Waals surface area (Å²) >= 11 is 1.86. The third-order valence-electron chi connectivity index (χ3n) is 4.54. The molecule has 0 radical (unpaired) electrons. The van der Waals surface area contributed by atoms with Crippen molar-refractivity contribution in [2.45, 2.75) is 19.6 Å². The minimum absolute atomic E-state index is 0.949. The smallest absolute Gasteiger partial charge is 0.475 e. The lowest BCUT2D eigenvalue weighted by molar-refractivity contribution is -0.192. The lowest BCUT2D eigenvalue weighted by Crippen LogP contribution is -2.46. The van der Waals surface area contributed by atoms with Crippen molar-refractivity contribution in [3.8, 4) is 0 Å². The van der Waals surface area contributed by atoms with Crippen molar-refractivity contribution in [3.05, 3.63) is 46.7 Å². The summed E-state index contributed by atoms with van der Waals surface area (Å²) in [6.07, 6.45) is 2.51. The van der Waals surface area contributed by atoms with Gasteiger partial charge in [0.05, 0.1) is 0 Å². The van der Waals surface area contributed by atoms with Crippen LogP contribution in [0.25, 0.3) is 5.65 Å². The maximum atomic E-state index is 10.6. The molecule has 1 aliphatic rings. The van der Waals surface area contributed by atoms with Crippen molar-refractivity contribution in [1.29, 1.82) is 0 Å². The van der Waals surface area contributed by atoms with Crippen molar-refractivity contribution >= 4 is 28.8 Å². The van der Waals surface area contributed by atoms with Gasteiger partial charge in [0.15, 0.2) is 11.5 Å². The molecule has 0 saturated carbocycles. The van der Waals surface area contributed by atoms with E-state index in [9.17, 15) is 13.2 Å². The first-order valence-corrected chi connectivity index (χ1v) is 9.71. The van der Waals surface area contributed by atoms with Crippen LogP contribution in [0.3, 0.4) is 0 Å². The number of aromatic nitrogens is 3. The third kappa shape index (κ3) is 5.24. The first kappa shape index (κ1) is 21.1. The van der Waals surface area contributed by atoms with E-state index >= 15 is 0 Å². The van der Waals surface area contributed by atoms with E-state index in [0.717, 1.165) is 44.2 Å². The molecule has 0 aliphatic carbocycles. The predicted molar refractivity (Wildman–Crippen MR) is 103 cm³/mol. The highest BCUT2D eigenvalue weighted by Crippen LogP contribution is 2.21. The topological polar surface area (TPSA) is 74.0 Å². The normalized spacial score (nSPS) is 15.2. The lowest BCUT2D eigenvalue weighted by Gasteiger charge is -2.35. The zero-order valence-electron chi connectivity index (χ0n) is 15.6. The molecule has 3 aromatic heterocycles. The van der Waals surface area contributed by atoms with Crippen LogP contribution >= 0.6 is 11.3 Å². The number of halogens is 3. The van der Waals surface area contributed by atoms with E-state index in [2.05, 4.69) is 38.1 Å². The highest BCUT2D eigenvalue weighted by atomic mass is 32.1. The van der Waals surface area contributed by atoms with Crippen molar-refractivity contribution in [2.24, 2.45) is 0 Å². The molecule has 4 heterocycles. The Kier molecular flexibility index (Phi) is 6.38. The van der Waals surface area contributed by atoms with E-state index in [1.807, 2.05) is 40.5 Å². The molecule has 1 N–H and O–H groups in total. The predicted octanol–water partition coefficient (Wildman–Crippen LogP) is 3.05. The number of aryl methyl sites for hydroxylation is 1. The van der Waals surface area contributed by atoms with Gasteiger partial charge in [-0.15, -0.1) is 11.3 Å². The van der Waals surface area contributed by atoms with Crippen molar-refractivity contribution in [1.82, 2.24) is 19.3 Å². The van der Waals surface area contributed by atoms with Crippen LogP contribution in [-0.4, -0.2) is 62.7 Å². The van der Waals surface area contributed by atoms with Crippen LogP contribution < -0.4 is 4.90 Å². The maximum absolute atomic E-state index is 10.6. The summed E-state index contributed by atoms with van der Waals surface area (Å²) in [7, 11) is 0. The Morgan fingerprint density at radius 3 is 2.34 bits per heavy atom. The molecule has 7 nitrogen and oxygen atoms in total. The number of alkyl halides is 3. The summed E-state index contributed by atoms with van der Waals surface area (Å²) < 4.78 is 33.8. The molecular formula is C18H20F3N5O2S. The number of hydrogen-bond acceptors (Lipinski definition) is 6. The summed E-state index contributed by atoms with van der Waals surface area (Å²) in [5.74, 6) is -1.76. The van der Waals surface area contributed by atoms with Gasteiger partial charge in [-0.3, -0.25) is 4.90 Å². The van der Waals surface area contributed by atoms with Crippen LogP contribution in [0.15, 0.2) is 36.2 Å². The molecule has 1 aliphatic heterocycles. The Labute approximate surface area is 169 Å². The Balaban J connectivity index is 0.000000298. The van der Waals surface area contributed by atoms with Crippen LogP contribution in [0.4, 0.5) is 19.0 Å². The number of imidazole rings is 1. The molecule has 0 aromatic carbocycles. The van der Waals surface area contributed by atoms with Gasteiger partial charge in [-0.1, -0.05) is 0 Å². The number of piperazine rings is 1. The first-order valence-electron chi connectivity index (χ1n) is 8.84. The van der Waals surface area contributed by atoms with Crippen LogP contribution in [0.5, 0.6) is 0 Å². The minimum Gasteiger partial charge on any atom is -0.475 e. The van der Waals surface area contributed by atoms with Crippen molar-refractivity contribution in [2.75, 3.05) is 31.1 Å². The van der Waals surface area contributed by atoms with E-state index in [-0.39, 0.29) is 0 Å². The fourth-order valence-corrected chi connectivity index (χ4v) is 3.90. The van der Waals surface area contributed by atoms with Gasteiger partial charge >= 0.3 is 12.1 Å². The summed E-state index contributed by atoms with van der Waals surface area (Å²) in [5.41, 5.74) is 2.36. The molecule has 3 aromatic rings. The Morgan fingerprint density at radius 1 is 1.17 bits per heavy atom. The average Bonchev–Trinajstić information content (AvgIpc) is 3.31. The standard InChI is InChI=1S/C16H19N5S.C2HF3O2/c1-13-2-11-22-14(13)12-19-7-9-21(10-8-19)16-15-17-3-5-20(15)6-4-18-16;3-2(4,5)1(6)7/h2-6,11H,7-10,12H2,1H3;(H,6,7). The number of carboxylic acid groups (broad SMARTS) is 1. The summed E-state index contributed by atoms with van der Waals surface area (Å²) in [5, 5.41) is 9.31. The van der Waals surface area contributed by atoms with Crippen LogP contribution in [0, 0.1) is 6.92 Å². The SMILES string of the molecule is Cc1ccsc1CN1CCN(c2nccn3ccnc23)CC1.O=C(O)C(F)(F)F. The third-order valence-corrected chi connectivity index (χ3v) is 5.55. The number of anilines is 1. The number of rotatable bonds is 3. The van der Waals surface area contributed by atoms with Crippen LogP contribution in [0.1, 0.15) is 10.4 Å². The maximum Gasteiger partial charge on any atom is 0.490 e. The number of carbonyl (C=O) groups is 1. The van der Waals surface area contributed by atoms with Crippen molar-refractivity contribution in [3.63, 3.8) is 0 Å². The van der Waals surface area contributed by atoms with Gasteiger partial charge in [0.1, 0.15) is 0 Å². The van der Waals surface area contributed by atoms with E-state index < -0.39 is 12.1 Å². The Bertz CT molecular complexity index is 964. The van der Waals surface area contributed by atoms with E-state index in [1.165, 1.54) is 10.4 Å². The van der Waals surface area contributed by atoms with Gasteiger partial charge in [-0.25, -0.2) is 14.8 Å². The number of fused-ring (bicyclic) bond motifs is 1. The molecule has 0 bridgehead atoms. The van der Waals surface area contributed by atoms with E-state index in [4.69, 9.17) is 9.90 Å². The molecule has 0 amide bonds. The van der Waals surface area contributed by atoms with Crippen LogP contribution in [-0.2, 0) is 11.3 Å². The summed E-state index contributed by atoms with van der Waals surface area (Å²) in [4.78, 5) is 24.2. The van der Waals surface area contributed by atoms with Gasteiger partial charge in [0.25, 0.3) is 0 Å². The number of hydrogen-bond donors (Lipinski definition) is 1. The number of carboxylic acids is 1. The molecular weight excluding hydrogens is 407 g/mol. The quantitative estimate of drug-likeness (QED) is 0.693. The molecule has 4 rings (SSSR count). The highest BCUT2D eigenvalue weighted by molar-refractivity contribution is 7.10. The number of nitrogens with zero attached hydrogens (tertiary/aromatic N) is 5. The van der Waals surface area contributed by atoms with Gasteiger partial charge in [-0.05, 0) is 23.9 Å². The lowest BCUT2D eigenvalue weighted by atomic mass is 10.2. The first-order chi connectivity index (χ1) is 13.8. The minimum atomic E-state index is -5.08. The molecule has 0 unspecified atom stereocenters. The van der Waals surface area contributed by atoms with E-state index in [1.54, 1.807) is 0 Å². The van der Waals surface area contributed by atoms with Gasteiger partial charge in [-0.2, -0.15) is 13.2 Å². The second kappa shape index (κ2) is 8.78. The molecule has 0 spiro atoms. The summed E-state index contributed by atoms with van der Waals surface area (Å²) in [6, 6.07) is 2.21. The zero-order valence-corrected chi connectivity index (χ0v) is 16.4. The molecule has 11 heteroatoms. The fourth-order valence-electron chi connectivity index (χ4n) is 2.95. The fraction of sp³-hybridized carbons (Fsp3) is 0.389. The largest absolute Gasteiger partial charge is 0.490 e. The van der Waals surface area contributed by atoms with Crippen molar-refractivity contribution < 1.29 is 23.1 Å². The molecule has 156 valence electrons. The Hall–Kier alpha value is -2.66. The van der Waals surface area contributed by atoms with Gasteiger partial charge < -0.3 is 14.4 Å². The zero-order chi connectivity index (χ0) is 21.0. The van der Waals surface area contributed by atoms with Crippen LogP contribution in [0.2, 0.25) is 0 Å². The Morgan fingerprint density at radius 2 is 1.79 bits per heavy atom. The van der Waals surface area contributed by atoms with E-state index in [0.29, 0.717) is 0 Å². The molecule has 1 saturated heterocycles. The number of aliphatic carboxylic acids is 1. The highest BCUT2D eigenvalue weighted by Gasteiger charge is 2.38. The molecule has 29 heavy (non-hydrogen) atoms. The van der Waals surface area contributed by atoms with Gasteiger partial charge in [0, 0.05) is 62.4 Å². The number of thiophene rings is 1. The second-order valence-electron chi connectivity index (χ2n) is 6.50. The molecule has 1 fully saturated rings.